The van der Waals surface area contributed by atoms with E-state index >= 15 is 0 Å². The molecule has 26 heavy (non-hydrogen) atoms. The molecular weight excluding hydrogens is 336 g/mol. The van der Waals surface area contributed by atoms with Gasteiger partial charge in [-0.3, -0.25) is 0 Å². The summed E-state index contributed by atoms with van der Waals surface area (Å²) in [5.41, 5.74) is 0. The standard InChI is InChI=1S/C23H30O2Si/c1-5-21-22(17-12-18-24-21)25-26(23(2,3)4,19-13-8-6-9-14-19)20-15-10-7-11-16-20/h5-11,13-16,21-22H,1,12,17-18H2,2-4H3/t21-,22+/m1/s1. The number of rotatable bonds is 5. The van der Waals surface area contributed by atoms with E-state index in [4.69, 9.17) is 9.16 Å². The van der Waals surface area contributed by atoms with E-state index in [-0.39, 0.29) is 17.2 Å². The van der Waals surface area contributed by atoms with E-state index in [0.717, 1.165) is 19.4 Å². The molecule has 0 saturated carbocycles. The average Bonchev–Trinajstić information content (AvgIpc) is 2.67. The van der Waals surface area contributed by atoms with Crippen LogP contribution in [-0.2, 0) is 9.16 Å². The molecule has 138 valence electrons. The van der Waals surface area contributed by atoms with E-state index in [0.29, 0.717) is 0 Å². The summed E-state index contributed by atoms with van der Waals surface area (Å²) in [4.78, 5) is 0. The molecule has 0 aliphatic carbocycles. The van der Waals surface area contributed by atoms with Crippen molar-refractivity contribution in [1.82, 2.24) is 0 Å². The molecule has 2 aromatic carbocycles. The molecule has 3 rings (SSSR count). The summed E-state index contributed by atoms with van der Waals surface area (Å²) in [7, 11) is -2.52. The van der Waals surface area contributed by atoms with Gasteiger partial charge in [0, 0.05) is 6.61 Å². The quantitative estimate of drug-likeness (QED) is 0.580. The maximum Gasteiger partial charge on any atom is 0.261 e. The monoisotopic (exact) mass is 366 g/mol. The van der Waals surface area contributed by atoms with Gasteiger partial charge in [-0.1, -0.05) is 87.5 Å². The Morgan fingerprint density at radius 1 is 1.00 bits per heavy atom. The van der Waals surface area contributed by atoms with Crippen molar-refractivity contribution < 1.29 is 9.16 Å². The third-order valence-electron chi connectivity index (χ3n) is 5.29. The van der Waals surface area contributed by atoms with Crippen molar-refractivity contribution in [2.75, 3.05) is 6.61 Å². The zero-order valence-corrected chi connectivity index (χ0v) is 17.2. The van der Waals surface area contributed by atoms with E-state index < -0.39 is 8.32 Å². The Morgan fingerprint density at radius 2 is 1.54 bits per heavy atom. The number of ether oxygens (including phenoxy) is 1. The molecule has 0 amide bonds. The lowest BCUT2D eigenvalue weighted by Gasteiger charge is -2.47. The smallest absolute Gasteiger partial charge is 0.261 e. The average molecular weight is 367 g/mol. The van der Waals surface area contributed by atoms with Crippen LogP contribution in [-0.4, -0.2) is 27.1 Å². The number of hydrogen-bond donors (Lipinski definition) is 0. The Bertz CT molecular complexity index is 666. The minimum absolute atomic E-state index is 0.0150. The lowest BCUT2D eigenvalue weighted by atomic mass is 10.1. The maximum absolute atomic E-state index is 7.16. The zero-order chi connectivity index (χ0) is 18.6. The lowest BCUT2D eigenvalue weighted by molar-refractivity contribution is -0.0404. The van der Waals surface area contributed by atoms with Crippen molar-refractivity contribution >= 4 is 18.7 Å². The van der Waals surface area contributed by atoms with Crippen LogP contribution in [0.5, 0.6) is 0 Å². The van der Waals surface area contributed by atoms with Gasteiger partial charge in [-0.15, -0.1) is 6.58 Å². The summed E-state index contributed by atoms with van der Waals surface area (Å²) < 4.78 is 13.1. The zero-order valence-electron chi connectivity index (χ0n) is 16.2. The van der Waals surface area contributed by atoms with Crippen LogP contribution >= 0.6 is 0 Å². The molecule has 2 aromatic rings. The number of hydrogen-bond acceptors (Lipinski definition) is 2. The first-order chi connectivity index (χ1) is 12.5. The van der Waals surface area contributed by atoms with Crippen molar-refractivity contribution in [2.45, 2.75) is 50.9 Å². The molecule has 0 spiro atoms. The first kappa shape index (κ1) is 19.1. The normalized spacial score (nSPS) is 21.3. The molecule has 1 aliphatic heterocycles. The largest absolute Gasteiger partial charge is 0.401 e. The molecule has 1 heterocycles. The fourth-order valence-corrected chi connectivity index (χ4v) is 8.76. The van der Waals surface area contributed by atoms with Crippen LogP contribution in [0.3, 0.4) is 0 Å². The lowest BCUT2D eigenvalue weighted by Crippen LogP contribution is -2.68. The van der Waals surface area contributed by atoms with Crippen molar-refractivity contribution in [2.24, 2.45) is 0 Å². The second-order valence-electron chi connectivity index (χ2n) is 8.03. The maximum atomic E-state index is 7.16. The van der Waals surface area contributed by atoms with Crippen LogP contribution < -0.4 is 10.4 Å². The van der Waals surface area contributed by atoms with E-state index in [2.05, 4.69) is 88.0 Å². The molecule has 0 aromatic heterocycles. The Balaban J connectivity index is 2.16. The summed E-state index contributed by atoms with van der Waals surface area (Å²) >= 11 is 0. The van der Waals surface area contributed by atoms with Crippen LogP contribution in [0.1, 0.15) is 33.6 Å². The second-order valence-corrected chi connectivity index (χ2v) is 12.3. The minimum Gasteiger partial charge on any atom is -0.401 e. The molecule has 2 atom stereocenters. The van der Waals surface area contributed by atoms with E-state index in [1.54, 1.807) is 0 Å². The Labute approximate surface area is 159 Å². The Hall–Kier alpha value is -1.68. The van der Waals surface area contributed by atoms with Crippen molar-refractivity contribution in [3.8, 4) is 0 Å². The van der Waals surface area contributed by atoms with Gasteiger partial charge in [-0.05, 0) is 28.3 Å². The fraction of sp³-hybridized carbons (Fsp3) is 0.391. The molecule has 1 aliphatic rings. The van der Waals surface area contributed by atoms with Gasteiger partial charge >= 0.3 is 0 Å². The van der Waals surface area contributed by atoms with Gasteiger partial charge < -0.3 is 9.16 Å². The molecule has 1 fully saturated rings. The Morgan fingerprint density at radius 3 is 2.00 bits per heavy atom. The molecule has 0 unspecified atom stereocenters. The molecule has 0 radical (unpaired) electrons. The van der Waals surface area contributed by atoms with Gasteiger partial charge in [-0.25, -0.2) is 0 Å². The van der Waals surface area contributed by atoms with Gasteiger partial charge in [0.15, 0.2) is 0 Å². The number of benzene rings is 2. The highest BCUT2D eigenvalue weighted by Crippen LogP contribution is 2.39. The summed E-state index contributed by atoms with van der Waals surface area (Å²) in [6.45, 7) is 11.7. The van der Waals surface area contributed by atoms with Crippen LogP contribution in [0.25, 0.3) is 0 Å². The van der Waals surface area contributed by atoms with Crippen molar-refractivity contribution in [3.63, 3.8) is 0 Å². The summed E-state index contributed by atoms with van der Waals surface area (Å²) in [5.74, 6) is 0. The molecule has 0 bridgehead atoms. The minimum atomic E-state index is -2.52. The van der Waals surface area contributed by atoms with Crippen LogP contribution in [0, 0.1) is 0 Å². The summed E-state index contributed by atoms with van der Waals surface area (Å²) in [6.07, 6.45) is 3.97. The predicted molar refractivity (Wildman–Crippen MR) is 112 cm³/mol. The van der Waals surface area contributed by atoms with Gasteiger partial charge in [0.05, 0.1) is 6.10 Å². The topological polar surface area (TPSA) is 18.5 Å². The summed E-state index contributed by atoms with van der Waals surface area (Å²) in [6, 6.07) is 21.6. The SMILES string of the molecule is C=C[C@H]1OCCC[C@@H]1O[Si](c1ccccc1)(c1ccccc1)C(C)(C)C. The highest BCUT2D eigenvalue weighted by molar-refractivity contribution is 6.99. The van der Waals surface area contributed by atoms with E-state index in [1.807, 2.05) is 6.08 Å². The third-order valence-corrected chi connectivity index (χ3v) is 10.3. The van der Waals surface area contributed by atoms with Crippen molar-refractivity contribution in [1.29, 1.82) is 0 Å². The molecule has 1 saturated heterocycles. The first-order valence-electron chi connectivity index (χ1n) is 9.52. The van der Waals surface area contributed by atoms with Gasteiger partial charge in [-0.2, -0.15) is 0 Å². The van der Waals surface area contributed by atoms with Gasteiger partial charge in [0.1, 0.15) is 6.10 Å². The van der Waals surface area contributed by atoms with Crippen LogP contribution in [0.4, 0.5) is 0 Å². The summed E-state index contributed by atoms with van der Waals surface area (Å²) in [5, 5.41) is 2.61. The second kappa shape index (κ2) is 7.91. The molecule has 2 nitrogen and oxygen atoms in total. The fourth-order valence-electron chi connectivity index (χ4n) is 4.04. The predicted octanol–water partition coefficient (Wildman–Crippen LogP) is 4.30. The molecular formula is C23H30O2Si. The molecule has 3 heteroatoms. The van der Waals surface area contributed by atoms with Crippen LogP contribution in [0.2, 0.25) is 5.04 Å². The van der Waals surface area contributed by atoms with Crippen LogP contribution in [0.15, 0.2) is 73.3 Å². The van der Waals surface area contributed by atoms with Gasteiger partial charge in [0.25, 0.3) is 8.32 Å². The van der Waals surface area contributed by atoms with E-state index in [1.165, 1.54) is 10.4 Å². The highest BCUT2D eigenvalue weighted by atomic mass is 28.4. The van der Waals surface area contributed by atoms with Crippen molar-refractivity contribution in [3.05, 3.63) is 73.3 Å². The van der Waals surface area contributed by atoms with Gasteiger partial charge in [0.2, 0.25) is 0 Å². The third kappa shape index (κ3) is 3.57. The Kier molecular flexibility index (Phi) is 5.81. The molecule has 0 N–H and O–H groups in total. The van der Waals surface area contributed by atoms with E-state index in [9.17, 15) is 0 Å². The highest BCUT2D eigenvalue weighted by Gasteiger charge is 2.52. The first-order valence-corrected chi connectivity index (χ1v) is 11.4.